The quantitative estimate of drug-likeness (QED) is 0.353. The maximum atomic E-state index is 9.12. The molecule has 1 saturated heterocycles. The molecule has 0 bridgehead atoms. The molecule has 4 N–H and O–H groups in total. The van der Waals surface area contributed by atoms with E-state index in [2.05, 4.69) is 0 Å². The first kappa shape index (κ1) is 9.28. The summed E-state index contributed by atoms with van der Waals surface area (Å²) in [6.45, 7) is 0. The highest BCUT2D eigenvalue weighted by Gasteiger charge is 2.33. The summed E-state index contributed by atoms with van der Waals surface area (Å²) in [6, 6.07) is 0. The Balaban J connectivity index is 2.58. The standard InChI is InChI=1S/C6H12O4S/c7-3-1-11-2-4(8)6(10)5(3)9/h3-10H,1-2H2/t3-,4+,5+,6-. The Morgan fingerprint density at radius 2 is 1.18 bits per heavy atom. The van der Waals surface area contributed by atoms with Crippen LogP contribution in [0.3, 0.4) is 0 Å². The minimum atomic E-state index is -1.22. The molecule has 4 nitrogen and oxygen atoms in total. The van der Waals surface area contributed by atoms with Gasteiger partial charge in [-0.3, -0.25) is 0 Å². The van der Waals surface area contributed by atoms with Gasteiger partial charge in [0.2, 0.25) is 0 Å². The highest BCUT2D eigenvalue weighted by Crippen LogP contribution is 2.18. The highest BCUT2D eigenvalue weighted by atomic mass is 32.2. The second kappa shape index (κ2) is 3.73. The van der Waals surface area contributed by atoms with Gasteiger partial charge in [-0.05, 0) is 0 Å². The van der Waals surface area contributed by atoms with Crippen molar-refractivity contribution in [2.45, 2.75) is 24.4 Å². The van der Waals surface area contributed by atoms with E-state index >= 15 is 0 Å². The van der Waals surface area contributed by atoms with Gasteiger partial charge in [0.1, 0.15) is 12.2 Å². The molecule has 1 heterocycles. The van der Waals surface area contributed by atoms with Gasteiger partial charge in [-0.15, -0.1) is 0 Å². The van der Waals surface area contributed by atoms with E-state index in [0.29, 0.717) is 11.5 Å². The minimum Gasteiger partial charge on any atom is -0.389 e. The predicted molar refractivity (Wildman–Crippen MR) is 41.4 cm³/mol. The van der Waals surface area contributed by atoms with Gasteiger partial charge in [0.25, 0.3) is 0 Å². The molecule has 0 aliphatic carbocycles. The van der Waals surface area contributed by atoms with E-state index in [1.165, 1.54) is 11.8 Å². The van der Waals surface area contributed by atoms with Crippen LogP contribution in [0.25, 0.3) is 0 Å². The van der Waals surface area contributed by atoms with E-state index in [4.69, 9.17) is 20.4 Å². The maximum absolute atomic E-state index is 9.12. The summed E-state index contributed by atoms with van der Waals surface area (Å²) in [4.78, 5) is 0. The summed E-state index contributed by atoms with van der Waals surface area (Å²) in [5.74, 6) is 0.713. The lowest BCUT2D eigenvalue weighted by Crippen LogP contribution is -2.43. The monoisotopic (exact) mass is 180 g/mol. The van der Waals surface area contributed by atoms with Crippen molar-refractivity contribution in [1.82, 2.24) is 0 Å². The van der Waals surface area contributed by atoms with Crippen LogP contribution in [0.15, 0.2) is 0 Å². The SMILES string of the molecule is O[C@@H]1[C@H](O)[C@@H](O)CSC[C@H]1O. The van der Waals surface area contributed by atoms with Crippen LogP contribution in [0.5, 0.6) is 0 Å². The summed E-state index contributed by atoms with van der Waals surface area (Å²) >= 11 is 1.32. The van der Waals surface area contributed by atoms with E-state index in [-0.39, 0.29) is 0 Å². The number of rotatable bonds is 0. The van der Waals surface area contributed by atoms with Gasteiger partial charge in [-0.25, -0.2) is 0 Å². The van der Waals surface area contributed by atoms with Crippen LogP contribution in [0.4, 0.5) is 0 Å². The third-order valence-corrected chi connectivity index (χ3v) is 2.87. The van der Waals surface area contributed by atoms with Crippen molar-refractivity contribution in [3.63, 3.8) is 0 Å². The van der Waals surface area contributed by atoms with Crippen molar-refractivity contribution in [1.29, 1.82) is 0 Å². The van der Waals surface area contributed by atoms with Crippen LogP contribution in [-0.4, -0.2) is 56.3 Å². The average Bonchev–Trinajstić information content (AvgIpc) is 2.07. The molecule has 5 heteroatoms. The van der Waals surface area contributed by atoms with Crippen molar-refractivity contribution < 1.29 is 20.4 Å². The Bertz CT molecular complexity index is 118. The molecule has 0 aromatic carbocycles. The van der Waals surface area contributed by atoms with Gasteiger partial charge in [0, 0.05) is 11.5 Å². The van der Waals surface area contributed by atoms with Crippen LogP contribution in [0.2, 0.25) is 0 Å². The number of hydrogen-bond acceptors (Lipinski definition) is 5. The molecule has 1 aliphatic heterocycles. The lowest BCUT2D eigenvalue weighted by molar-refractivity contribution is -0.0894. The zero-order valence-electron chi connectivity index (χ0n) is 5.92. The molecule has 0 amide bonds. The van der Waals surface area contributed by atoms with Crippen molar-refractivity contribution in [3.8, 4) is 0 Å². The fraction of sp³-hybridized carbons (Fsp3) is 1.00. The first-order chi connectivity index (χ1) is 5.13. The van der Waals surface area contributed by atoms with Gasteiger partial charge >= 0.3 is 0 Å². The van der Waals surface area contributed by atoms with E-state index in [9.17, 15) is 0 Å². The third-order valence-electron chi connectivity index (χ3n) is 1.72. The van der Waals surface area contributed by atoms with Crippen molar-refractivity contribution in [2.75, 3.05) is 11.5 Å². The molecule has 4 atom stereocenters. The molecular formula is C6H12O4S. The van der Waals surface area contributed by atoms with E-state index in [0.717, 1.165) is 0 Å². The van der Waals surface area contributed by atoms with Crippen LogP contribution in [0.1, 0.15) is 0 Å². The normalized spacial score (nSPS) is 46.9. The lowest BCUT2D eigenvalue weighted by atomic mass is 10.1. The molecule has 0 saturated carbocycles. The van der Waals surface area contributed by atoms with Crippen molar-refractivity contribution in [3.05, 3.63) is 0 Å². The molecule has 1 aliphatic rings. The van der Waals surface area contributed by atoms with Gasteiger partial charge in [0.05, 0.1) is 12.2 Å². The molecule has 1 rings (SSSR count). The summed E-state index contributed by atoms with van der Waals surface area (Å²) in [5, 5.41) is 36.5. The summed E-state index contributed by atoms with van der Waals surface area (Å²) < 4.78 is 0. The first-order valence-electron chi connectivity index (χ1n) is 3.43. The number of aliphatic hydroxyl groups is 4. The van der Waals surface area contributed by atoms with Crippen LogP contribution in [-0.2, 0) is 0 Å². The molecule has 0 unspecified atom stereocenters. The van der Waals surface area contributed by atoms with Crippen LogP contribution < -0.4 is 0 Å². The van der Waals surface area contributed by atoms with Gasteiger partial charge in [-0.1, -0.05) is 0 Å². The Morgan fingerprint density at radius 1 is 0.818 bits per heavy atom. The van der Waals surface area contributed by atoms with Crippen LogP contribution in [0, 0.1) is 0 Å². The van der Waals surface area contributed by atoms with Crippen molar-refractivity contribution >= 4 is 11.8 Å². The Morgan fingerprint density at radius 3 is 1.55 bits per heavy atom. The Kier molecular flexibility index (Phi) is 3.15. The van der Waals surface area contributed by atoms with Crippen molar-refractivity contribution in [2.24, 2.45) is 0 Å². The van der Waals surface area contributed by atoms with E-state index < -0.39 is 24.4 Å². The van der Waals surface area contributed by atoms with Gasteiger partial charge < -0.3 is 20.4 Å². The molecule has 0 radical (unpaired) electrons. The minimum absolute atomic E-state index is 0.356. The van der Waals surface area contributed by atoms with Crippen LogP contribution >= 0.6 is 11.8 Å². The smallest absolute Gasteiger partial charge is 0.109 e. The van der Waals surface area contributed by atoms with E-state index in [1.54, 1.807) is 0 Å². The fourth-order valence-corrected chi connectivity index (χ4v) is 1.98. The molecule has 0 spiro atoms. The fourth-order valence-electron chi connectivity index (χ4n) is 0.962. The average molecular weight is 180 g/mol. The third kappa shape index (κ3) is 2.07. The highest BCUT2D eigenvalue weighted by molar-refractivity contribution is 7.99. The molecular weight excluding hydrogens is 168 g/mol. The second-order valence-electron chi connectivity index (χ2n) is 2.65. The molecule has 11 heavy (non-hydrogen) atoms. The zero-order chi connectivity index (χ0) is 8.43. The summed E-state index contributed by atoms with van der Waals surface area (Å²) in [5.41, 5.74) is 0. The van der Waals surface area contributed by atoms with Gasteiger partial charge in [-0.2, -0.15) is 11.8 Å². The number of hydrogen-bond donors (Lipinski definition) is 4. The molecule has 1 fully saturated rings. The Labute approximate surface area is 68.9 Å². The number of aliphatic hydroxyl groups excluding tert-OH is 4. The second-order valence-corrected chi connectivity index (χ2v) is 3.73. The largest absolute Gasteiger partial charge is 0.389 e. The predicted octanol–water partition coefficient (Wildman–Crippen LogP) is -1.82. The molecule has 66 valence electrons. The zero-order valence-corrected chi connectivity index (χ0v) is 6.74. The number of thioether (sulfide) groups is 1. The lowest BCUT2D eigenvalue weighted by Gasteiger charge is -2.21. The topological polar surface area (TPSA) is 80.9 Å². The summed E-state index contributed by atoms with van der Waals surface area (Å²) in [6.07, 6.45) is -4.32. The molecule has 0 aromatic heterocycles. The summed E-state index contributed by atoms with van der Waals surface area (Å²) in [7, 11) is 0. The Hall–Kier alpha value is 0.190. The van der Waals surface area contributed by atoms with E-state index in [1.807, 2.05) is 0 Å². The maximum Gasteiger partial charge on any atom is 0.109 e. The van der Waals surface area contributed by atoms with Gasteiger partial charge in [0.15, 0.2) is 0 Å². The molecule has 0 aromatic rings. The first-order valence-corrected chi connectivity index (χ1v) is 4.58.